The van der Waals surface area contributed by atoms with Gasteiger partial charge in [-0.2, -0.15) is 5.21 Å². The van der Waals surface area contributed by atoms with Crippen molar-refractivity contribution in [1.82, 2.24) is 30.8 Å². The highest BCUT2D eigenvalue weighted by atomic mass is 32.1. The van der Waals surface area contributed by atoms with Crippen LogP contribution in [0.1, 0.15) is 35.2 Å². The van der Waals surface area contributed by atoms with E-state index in [0.717, 1.165) is 27.8 Å². The zero-order valence-corrected chi connectivity index (χ0v) is 24.6. The molecule has 6 rings (SSSR count). The van der Waals surface area contributed by atoms with Gasteiger partial charge >= 0.3 is 5.97 Å². The van der Waals surface area contributed by atoms with Crippen LogP contribution in [0.15, 0.2) is 114 Å². The molecule has 1 aliphatic heterocycles. The maximum atomic E-state index is 13.8. The van der Waals surface area contributed by atoms with Gasteiger partial charge in [-0.05, 0) is 64.7 Å². The van der Waals surface area contributed by atoms with Crippen LogP contribution in [0.5, 0.6) is 0 Å². The molecule has 0 saturated heterocycles. The quantitative estimate of drug-likeness (QED) is 0.162. The van der Waals surface area contributed by atoms with Crippen LogP contribution in [0, 0.1) is 6.92 Å². The molecule has 9 heteroatoms. The van der Waals surface area contributed by atoms with Crippen molar-refractivity contribution >= 4 is 23.3 Å². The van der Waals surface area contributed by atoms with Crippen LogP contribution in [0.25, 0.3) is 22.5 Å². The number of nitrogens with zero attached hydrogens (tertiary/aromatic N) is 4. The average Bonchev–Trinajstić information content (AvgIpc) is 3.58. The van der Waals surface area contributed by atoms with Crippen LogP contribution >= 0.6 is 12.2 Å². The first-order valence-electron chi connectivity index (χ1n) is 14.0. The predicted molar refractivity (Wildman–Crippen MR) is 169 cm³/mol. The Balaban J connectivity index is 1.35. The molecule has 0 bridgehead atoms. The maximum absolute atomic E-state index is 13.8. The average molecular weight is 587 g/mol. The Morgan fingerprint density at radius 2 is 1.56 bits per heavy atom. The lowest BCUT2D eigenvalue weighted by molar-refractivity contribution is -0.141. The second-order valence-corrected chi connectivity index (χ2v) is 10.8. The van der Waals surface area contributed by atoms with Crippen LogP contribution in [0.4, 0.5) is 0 Å². The zero-order valence-electron chi connectivity index (χ0n) is 23.8. The summed E-state index contributed by atoms with van der Waals surface area (Å²) in [5, 5.41) is 18.0. The molecule has 5 aromatic rings. The van der Waals surface area contributed by atoms with Crippen LogP contribution in [-0.4, -0.2) is 36.6 Å². The van der Waals surface area contributed by atoms with Crippen molar-refractivity contribution in [2.75, 3.05) is 0 Å². The van der Waals surface area contributed by atoms with E-state index in [-0.39, 0.29) is 12.6 Å². The predicted octanol–water partition coefficient (Wildman–Crippen LogP) is 6.29. The number of tetrazole rings is 1. The first-order valence-corrected chi connectivity index (χ1v) is 14.4. The van der Waals surface area contributed by atoms with Crippen molar-refractivity contribution in [2.24, 2.45) is 0 Å². The Hall–Kier alpha value is -5.15. The molecule has 2 heterocycles. The molecule has 1 unspecified atom stereocenters. The number of hydrogen-bond donors (Lipinski definition) is 2. The van der Waals surface area contributed by atoms with Gasteiger partial charge in [-0.15, -0.1) is 10.2 Å². The van der Waals surface area contributed by atoms with Crippen molar-refractivity contribution in [3.05, 3.63) is 137 Å². The third-order valence-corrected chi connectivity index (χ3v) is 7.91. The highest BCUT2D eigenvalue weighted by molar-refractivity contribution is 7.80. The minimum atomic E-state index is -0.458. The summed E-state index contributed by atoms with van der Waals surface area (Å²) in [6.07, 6.45) is 0. The first-order chi connectivity index (χ1) is 21.0. The molecular formula is C34H30N6O2S. The smallest absolute Gasteiger partial charge is 0.338 e. The van der Waals surface area contributed by atoms with E-state index in [1.54, 1.807) is 0 Å². The third kappa shape index (κ3) is 6.07. The van der Waals surface area contributed by atoms with Crippen LogP contribution < -0.4 is 5.32 Å². The van der Waals surface area contributed by atoms with Gasteiger partial charge in [0.25, 0.3) is 0 Å². The van der Waals surface area contributed by atoms with Crippen molar-refractivity contribution in [3.8, 4) is 22.5 Å². The fourth-order valence-electron chi connectivity index (χ4n) is 5.33. The van der Waals surface area contributed by atoms with Crippen molar-refractivity contribution in [2.45, 2.75) is 33.0 Å². The number of ether oxygens (including phenoxy) is 1. The molecule has 43 heavy (non-hydrogen) atoms. The lowest BCUT2D eigenvalue weighted by atomic mass is 9.91. The van der Waals surface area contributed by atoms with E-state index in [1.807, 2.05) is 78.6 Å². The molecule has 0 amide bonds. The summed E-state index contributed by atoms with van der Waals surface area (Å²) < 4.78 is 5.86. The lowest BCUT2D eigenvalue weighted by Crippen LogP contribution is -2.48. The summed E-state index contributed by atoms with van der Waals surface area (Å²) in [6, 6.07) is 33.8. The first kappa shape index (κ1) is 28.0. The lowest BCUT2D eigenvalue weighted by Gasteiger charge is -2.40. The van der Waals surface area contributed by atoms with Gasteiger partial charge < -0.3 is 15.0 Å². The van der Waals surface area contributed by atoms with E-state index >= 15 is 0 Å². The fourth-order valence-corrected chi connectivity index (χ4v) is 5.66. The van der Waals surface area contributed by atoms with E-state index in [9.17, 15) is 4.79 Å². The zero-order chi connectivity index (χ0) is 29.8. The number of hydrogen-bond acceptors (Lipinski definition) is 6. The molecule has 2 N–H and O–H groups in total. The van der Waals surface area contributed by atoms with Crippen molar-refractivity contribution in [1.29, 1.82) is 0 Å². The number of thiocarbonyl (C=S) groups is 1. The van der Waals surface area contributed by atoms with Crippen molar-refractivity contribution in [3.63, 3.8) is 0 Å². The van der Waals surface area contributed by atoms with Gasteiger partial charge in [-0.3, -0.25) is 0 Å². The highest BCUT2D eigenvalue weighted by Crippen LogP contribution is 2.37. The number of aromatic amines is 1. The Morgan fingerprint density at radius 3 is 2.26 bits per heavy atom. The molecule has 0 radical (unpaired) electrons. The highest BCUT2D eigenvalue weighted by Gasteiger charge is 2.37. The monoisotopic (exact) mass is 586 g/mol. The summed E-state index contributed by atoms with van der Waals surface area (Å²) in [4.78, 5) is 15.8. The second kappa shape index (κ2) is 12.4. The number of benzene rings is 4. The Bertz CT molecular complexity index is 1770. The van der Waals surface area contributed by atoms with Crippen LogP contribution in [0.3, 0.4) is 0 Å². The van der Waals surface area contributed by atoms with E-state index in [0.29, 0.717) is 28.8 Å². The van der Waals surface area contributed by atoms with Gasteiger partial charge in [-0.1, -0.05) is 103 Å². The molecule has 0 saturated carbocycles. The number of esters is 1. The molecule has 1 atom stereocenters. The number of H-pyrrole nitrogens is 1. The number of carbonyl (C=O) groups excluding carboxylic acids is 1. The molecule has 0 fully saturated rings. The number of rotatable bonds is 8. The number of nitrogens with one attached hydrogen (secondary N) is 2. The molecular weight excluding hydrogens is 556 g/mol. The van der Waals surface area contributed by atoms with Gasteiger partial charge in [0, 0.05) is 17.8 Å². The molecule has 1 aliphatic rings. The molecule has 0 spiro atoms. The number of allylic oxidation sites excluding steroid dienone is 1. The SMILES string of the molecule is CC1=C(C(=O)OCc2ccccc2)C(c2ccc(-c3ccccc3C)cc2)N(Cc2ccc(-c3nn[nH]n3)cc2)C(=S)N1. The number of carbonyl (C=O) groups is 1. The van der Waals surface area contributed by atoms with Crippen LogP contribution in [0.2, 0.25) is 0 Å². The maximum Gasteiger partial charge on any atom is 0.338 e. The molecule has 8 nitrogen and oxygen atoms in total. The van der Waals surface area contributed by atoms with E-state index in [2.05, 4.69) is 69.3 Å². The van der Waals surface area contributed by atoms with Gasteiger partial charge in [-0.25, -0.2) is 4.79 Å². The second-order valence-electron chi connectivity index (χ2n) is 10.4. The van der Waals surface area contributed by atoms with Gasteiger partial charge in [0.1, 0.15) is 6.61 Å². The largest absolute Gasteiger partial charge is 0.457 e. The summed E-state index contributed by atoms with van der Waals surface area (Å²) in [6.45, 7) is 4.62. The minimum Gasteiger partial charge on any atom is -0.457 e. The van der Waals surface area contributed by atoms with Crippen LogP contribution in [-0.2, 0) is 22.7 Å². The molecule has 0 aliphatic carbocycles. The van der Waals surface area contributed by atoms with E-state index in [1.165, 1.54) is 11.1 Å². The molecule has 214 valence electrons. The van der Waals surface area contributed by atoms with Gasteiger partial charge in [0.15, 0.2) is 5.11 Å². The minimum absolute atomic E-state index is 0.178. The summed E-state index contributed by atoms with van der Waals surface area (Å²) in [5.74, 6) is 0.136. The Kier molecular flexibility index (Phi) is 8.06. The van der Waals surface area contributed by atoms with E-state index in [4.69, 9.17) is 17.0 Å². The number of aromatic nitrogens is 4. The van der Waals surface area contributed by atoms with Crippen molar-refractivity contribution < 1.29 is 9.53 Å². The molecule has 4 aromatic carbocycles. The number of aryl methyl sites for hydroxylation is 1. The van der Waals surface area contributed by atoms with E-state index < -0.39 is 6.04 Å². The van der Waals surface area contributed by atoms with Gasteiger partial charge in [0.05, 0.1) is 11.6 Å². The third-order valence-electron chi connectivity index (χ3n) is 7.57. The molecule has 1 aromatic heterocycles. The normalized spacial score (nSPS) is 14.9. The summed E-state index contributed by atoms with van der Waals surface area (Å²) >= 11 is 5.87. The van der Waals surface area contributed by atoms with Gasteiger partial charge in [0.2, 0.25) is 5.82 Å². The Morgan fingerprint density at radius 1 is 0.860 bits per heavy atom. The fraction of sp³-hybridized carbons (Fsp3) is 0.147. The standard InChI is InChI=1S/C34H30N6O2S/c1-22-8-6-7-11-29(22)26-16-18-27(19-17-26)31-30(33(41)42-21-25-9-4-3-5-10-25)23(2)35-34(43)40(31)20-24-12-14-28(15-13-24)32-36-38-39-37-32/h3-19,31H,20-21H2,1-2H3,(H,35,43)(H,36,37,38,39). The Labute approximate surface area is 255 Å². The summed E-state index contributed by atoms with van der Waals surface area (Å²) in [7, 11) is 0. The topological polar surface area (TPSA) is 96.0 Å². The summed E-state index contributed by atoms with van der Waals surface area (Å²) in [5.41, 5.74) is 8.40.